The first-order chi connectivity index (χ1) is 11.6. The summed E-state index contributed by atoms with van der Waals surface area (Å²) in [6.45, 7) is 3.04. The monoisotopic (exact) mass is 352 g/mol. The summed E-state index contributed by atoms with van der Waals surface area (Å²) in [5, 5.41) is 0. The lowest BCUT2D eigenvalue weighted by molar-refractivity contribution is 0.561. The smallest absolute Gasteiger partial charge is 0.211 e. The highest BCUT2D eigenvalue weighted by Gasteiger charge is 2.12. The fourth-order valence-corrected chi connectivity index (χ4v) is 3.49. The van der Waals surface area contributed by atoms with E-state index in [4.69, 9.17) is 0 Å². The summed E-state index contributed by atoms with van der Waals surface area (Å²) >= 11 is 0. The molecule has 0 heterocycles. The van der Waals surface area contributed by atoms with E-state index in [1.165, 1.54) is 30.9 Å². The molecule has 24 heavy (non-hydrogen) atoms. The number of hydrogen-bond donors (Lipinski definition) is 1. The molecule has 0 aliphatic heterocycles. The van der Waals surface area contributed by atoms with E-state index in [1.807, 2.05) is 12.1 Å². The minimum atomic E-state index is -3.44. The molecule has 6 heteroatoms. The van der Waals surface area contributed by atoms with Crippen molar-refractivity contribution >= 4 is 16.1 Å². The van der Waals surface area contributed by atoms with Crippen molar-refractivity contribution in [2.75, 3.05) is 13.1 Å². The quantitative estimate of drug-likeness (QED) is 0.335. The first-order valence-corrected chi connectivity index (χ1v) is 10.2. The van der Waals surface area contributed by atoms with Gasteiger partial charge in [0.15, 0.2) is 0 Å². The van der Waals surface area contributed by atoms with Crippen LogP contribution in [0.3, 0.4) is 0 Å². The van der Waals surface area contributed by atoms with Gasteiger partial charge in [0, 0.05) is 6.54 Å². The van der Waals surface area contributed by atoms with Gasteiger partial charge < -0.3 is 0 Å². The van der Waals surface area contributed by atoms with E-state index in [2.05, 4.69) is 16.6 Å². The Balaban J connectivity index is 2.36. The molecule has 1 aromatic rings. The van der Waals surface area contributed by atoms with Crippen LogP contribution >= 0.6 is 0 Å². The number of aliphatic imine (C=N–C) groups is 1. The van der Waals surface area contributed by atoms with Gasteiger partial charge in [-0.2, -0.15) is 0 Å². The van der Waals surface area contributed by atoms with Crippen molar-refractivity contribution in [1.29, 1.82) is 0 Å². The molecule has 0 atom stereocenters. The van der Waals surface area contributed by atoms with E-state index in [1.54, 1.807) is 12.1 Å². The van der Waals surface area contributed by atoms with Gasteiger partial charge >= 0.3 is 0 Å². The zero-order valence-electron chi connectivity index (χ0n) is 14.5. The molecule has 1 rings (SSSR count). The molecule has 0 aliphatic carbocycles. The molecule has 0 bridgehead atoms. The summed E-state index contributed by atoms with van der Waals surface area (Å²) in [6.07, 6.45) is 9.63. The molecule has 0 fully saturated rings. The summed E-state index contributed by atoms with van der Waals surface area (Å²) in [4.78, 5) is 13.7. The number of nitrogens with one attached hydrogen (secondary N) is 1. The third kappa shape index (κ3) is 8.39. The number of isocyanates is 1. The fraction of sp³-hybridized carbons (Fsp3) is 0.611. The molecule has 1 N–H and O–H groups in total. The second kappa shape index (κ2) is 12.0. The van der Waals surface area contributed by atoms with Crippen LogP contribution < -0.4 is 4.72 Å². The minimum absolute atomic E-state index is 0.311. The molecule has 0 amide bonds. The Kier molecular flexibility index (Phi) is 10.2. The van der Waals surface area contributed by atoms with Crippen LogP contribution in [-0.4, -0.2) is 27.6 Å². The van der Waals surface area contributed by atoms with Crippen LogP contribution in [0, 0.1) is 0 Å². The van der Waals surface area contributed by atoms with Crippen LogP contribution in [0.25, 0.3) is 0 Å². The molecule has 0 unspecified atom stereocenters. The highest BCUT2D eigenvalue weighted by molar-refractivity contribution is 7.89. The Labute approximate surface area is 145 Å². The van der Waals surface area contributed by atoms with Crippen molar-refractivity contribution in [3.05, 3.63) is 29.8 Å². The van der Waals surface area contributed by atoms with Crippen LogP contribution in [-0.2, 0) is 21.2 Å². The Morgan fingerprint density at radius 3 is 2.38 bits per heavy atom. The van der Waals surface area contributed by atoms with Crippen LogP contribution in [0.4, 0.5) is 0 Å². The number of benzene rings is 1. The summed E-state index contributed by atoms with van der Waals surface area (Å²) in [7, 11) is -3.44. The van der Waals surface area contributed by atoms with Gasteiger partial charge in [0.05, 0.1) is 11.4 Å². The molecule has 0 saturated heterocycles. The largest absolute Gasteiger partial charge is 0.240 e. The van der Waals surface area contributed by atoms with Crippen molar-refractivity contribution in [3.63, 3.8) is 0 Å². The number of aryl methyl sites for hydroxylation is 1. The Hall–Kier alpha value is -1.49. The fourth-order valence-electron chi connectivity index (χ4n) is 2.42. The maximum absolute atomic E-state index is 12.2. The number of sulfonamides is 1. The predicted octanol–water partition coefficient (Wildman–Crippen LogP) is 3.59. The van der Waals surface area contributed by atoms with Crippen LogP contribution in [0.1, 0.15) is 57.4 Å². The van der Waals surface area contributed by atoms with Crippen LogP contribution in [0.15, 0.2) is 34.2 Å². The molecular weight excluding hydrogens is 324 g/mol. The molecule has 0 spiro atoms. The van der Waals surface area contributed by atoms with E-state index in [-0.39, 0.29) is 0 Å². The molecule has 134 valence electrons. The molecule has 5 nitrogen and oxygen atoms in total. The molecule has 0 aliphatic rings. The molecule has 1 aromatic carbocycles. The van der Waals surface area contributed by atoms with Gasteiger partial charge in [0.1, 0.15) is 0 Å². The molecule has 0 aromatic heterocycles. The van der Waals surface area contributed by atoms with Gasteiger partial charge in [-0.1, -0.05) is 44.7 Å². The first kappa shape index (κ1) is 20.6. The van der Waals surface area contributed by atoms with Crippen LogP contribution in [0.2, 0.25) is 0 Å². The zero-order valence-corrected chi connectivity index (χ0v) is 15.3. The van der Waals surface area contributed by atoms with Gasteiger partial charge in [0.2, 0.25) is 16.1 Å². The van der Waals surface area contributed by atoms with Gasteiger partial charge in [-0.3, -0.25) is 0 Å². The van der Waals surface area contributed by atoms with Gasteiger partial charge in [0.25, 0.3) is 0 Å². The lowest BCUT2D eigenvalue weighted by Gasteiger charge is -2.08. The Bertz CT molecular complexity index is 606. The maximum Gasteiger partial charge on any atom is 0.240 e. The van der Waals surface area contributed by atoms with E-state index in [9.17, 15) is 13.2 Å². The summed E-state index contributed by atoms with van der Waals surface area (Å²) in [5.74, 6) is 0. The third-order valence-corrected chi connectivity index (χ3v) is 5.33. The number of rotatable bonds is 13. The number of nitrogens with zero attached hydrogens (tertiary/aromatic N) is 1. The first-order valence-electron chi connectivity index (χ1n) is 8.72. The number of unbranched alkanes of at least 4 members (excludes halogenated alkanes) is 5. The number of carbonyl (C=O) groups excluding carboxylic acids is 1. The molecule has 0 saturated carbocycles. The van der Waals surface area contributed by atoms with Gasteiger partial charge in [-0.15, -0.1) is 0 Å². The second-order valence-electron chi connectivity index (χ2n) is 5.89. The third-order valence-electron chi connectivity index (χ3n) is 3.86. The Morgan fingerprint density at radius 1 is 1.00 bits per heavy atom. The second-order valence-corrected chi connectivity index (χ2v) is 7.65. The van der Waals surface area contributed by atoms with E-state index >= 15 is 0 Å². The van der Waals surface area contributed by atoms with Crippen molar-refractivity contribution in [1.82, 2.24) is 4.72 Å². The van der Waals surface area contributed by atoms with Crippen molar-refractivity contribution in [2.45, 2.75) is 63.2 Å². The van der Waals surface area contributed by atoms with E-state index < -0.39 is 10.0 Å². The molecular formula is C18H28N2O3S. The summed E-state index contributed by atoms with van der Waals surface area (Å²) in [6, 6.07) is 7.16. The maximum atomic E-state index is 12.2. The summed E-state index contributed by atoms with van der Waals surface area (Å²) < 4.78 is 27.0. The highest BCUT2D eigenvalue weighted by Crippen LogP contribution is 2.13. The average molecular weight is 353 g/mol. The minimum Gasteiger partial charge on any atom is -0.211 e. The zero-order chi connectivity index (χ0) is 17.7. The van der Waals surface area contributed by atoms with Crippen molar-refractivity contribution < 1.29 is 13.2 Å². The normalized spacial score (nSPS) is 11.2. The Morgan fingerprint density at radius 2 is 1.71 bits per heavy atom. The summed E-state index contributed by atoms with van der Waals surface area (Å²) in [5.41, 5.74) is 1.18. The van der Waals surface area contributed by atoms with Crippen molar-refractivity contribution in [3.8, 4) is 0 Å². The predicted molar refractivity (Wildman–Crippen MR) is 96.3 cm³/mol. The van der Waals surface area contributed by atoms with Crippen LogP contribution in [0.5, 0.6) is 0 Å². The molecule has 0 radical (unpaired) electrons. The number of hydrogen-bond acceptors (Lipinski definition) is 4. The SMILES string of the molecule is CCCCCCc1ccc(S(=O)(=O)NCCCCCN=C=O)cc1. The lowest BCUT2D eigenvalue weighted by atomic mass is 10.1. The average Bonchev–Trinajstić information content (AvgIpc) is 2.58. The highest BCUT2D eigenvalue weighted by atomic mass is 32.2. The van der Waals surface area contributed by atoms with E-state index in [0.29, 0.717) is 18.0 Å². The standard InChI is InChI=1S/C18H28N2O3S/c1-2-3-4-6-9-17-10-12-18(13-11-17)24(22,23)20-15-8-5-7-14-19-16-21/h10-13,20H,2-9,14-15H2,1H3. The van der Waals surface area contributed by atoms with Gasteiger partial charge in [-0.25, -0.2) is 22.9 Å². The van der Waals surface area contributed by atoms with Gasteiger partial charge in [-0.05, 0) is 43.4 Å². The lowest BCUT2D eigenvalue weighted by Crippen LogP contribution is -2.24. The topological polar surface area (TPSA) is 75.6 Å². The van der Waals surface area contributed by atoms with E-state index in [0.717, 1.165) is 32.1 Å². The van der Waals surface area contributed by atoms with Crippen molar-refractivity contribution in [2.24, 2.45) is 4.99 Å².